The lowest BCUT2D eigenvalue weighted by Gasteiger charge is -2.01. The van der Waals surface area contributed by atoms with Gasteiger partial charge in [-0.1, -0.05) is 0 Å². The normalized spacial score (nSPS) is 9.82. The summed E-state index contributed by atoms with van der Waals surface area (Å²) in [6.07, 6.45) is 1.43. The summed E-state index contributed by atoms with van der Waals surface area (Å²) in [4.78, 5) is 0. The highest BCUT2D eigenvalue weighted by Crippen LogP contribution is 2.14. The lowest BCUT2D eigenvalue weighted by molar-refractivity contribution is 0.287. The van der Waals surface area contributed by atoms with E-state index in [0.717, 1.165) is 5.69 Å². The molecule has 0 aliphatic heterocycles. The summed E-state index contributed by atoms with van der Waals surface area (Å²) in [5.41, 5.74) is 0.748. The Kier molecular flexibility index (Phi) is 2.16. The van der Waals surface area contributed by atoms with E-state index in [-0.39, 0.29) is 0 Å². The molecular weight excluding hydrogens is 147 g/mol. The van der Waals surface area contributed by atoms with E-state index in [9.17, 15) is 0 Å². The molecule has 1 heterocycles. The predicted octanol–water partition coefficient (Wildman–Crippen LogP) is -0.923. The maximum absolute atomic E-state index is 8.44. The van der Waals surface area contributed by atoms with Crippen LogP contribution in [0.5, 0.6) is 5.75 Å². The van der Waals surface area contributed by atoms with Gasteiger partial charge in [0.25, 0.3) is 0 Å². The van der Waals surface area contributed by atoms with E-state index in [1.165, 1.54) is 6.20 Å². The highest BCUT2D eigenvalue weighted by Gasteiger charge is 2.14. The maximum atomic E-state index is 8.44. The topological polar surface area (TPSA) is 67.5 Å². The third-order valence-corrected chi connectivity index (χ3v) is 1.42. The maximum Gasteiger partial charge on any atom is 0.707 e. The third-order valence-electron chi connectivity index (χ3n) is 1.42. The molecule has 0 aliphatic carbocycles. The van der Waals surface area contributed by atoms with Gasteiger partial charge in [-0.3, -0.25) is 4.68 Å². The second-order valence-corrected chi connectivity index (χ2v) is 2.16. The van der Waals surface area contributed by atoms with Gasteiger partial charge in [-0.05, 0) is 6.92 Å². The minimum atomic E-state index is -1.78. The average molecular weight is 156 g/mol. The Labute approximate surface area is 64.4 Å². The average Bonchev–Trinajstić information content (AvgIpc) is 2.18. The van der Waals surface area contributed by atoms with E-state index in [0.29, 0.717) is 5.75 Å². The Morgan fingerprint density at radius 3 is 2.64 bits per heavy atom. The zero-order chi connectivity index (χ0) is 8.43. The van der Waals surface area contributed by atoms with Gasteiger partial charge in [-0.25, -0.2) is 0 Å². The summed E-state index contributed by atoms with van der Waals surface area (Å²) < 4.78 is 6.17. The van der Waals surface area contributed by atoms with Crippen LogP contribution in [0.4, 0.5) is 0 Å². The summed E-state index contributed by atoms with van der Waals surface area (Å²) in [6, 6.07) is 0. The minimum Gasteiger partial charge on any atom is -0.509 e. The molecule has 2 N–H and O–H groups in total. The second-order valence-electron chi connectivity index (χ2n) is 2.16. The molecule has 0 fully saturated rings. The summed E-state index contributed by atoms with van der Waals surface area (Å²) in [6.45, 7) is 1.77. The first-order valence-electron chi connectivity index (χ1n) is 3.12. The van der Waals surface area contributed by atoms with Crippen LogP contribution in [0.1, 0.15) is 5.69 Å². The Hall–Kier alpha value is -1.01. The monoisotopic (exact) mass is 156 g/mol. The fraction of sp³-hybridized carbons (Fsp3) is 0.400. The molecule has 1 aromatic heterocycles. The van der Waals surface area contributed by atoms with E-state index >= 15 is 0 Å². The van der Waals surface area contributed by atoms with Crippen LogP contribution >= 0.6 is 0 Å². The van der Waals surface area contributed by atoms with Crippen molar-refractivity contribution >= 4 is 7.32 Å². The summed E-state index contributed by atoms with van der Waals surface area (Å²) in [5.74, 6) is 0.377. The first kappa shape index (κ1) is 8.09. The van der Waals surface area contributed by atoms with Gasteiger partial charge in [0.15, 0.2) is 0 Å². The van der Waals surface area contributed by atoms with E-state index in [1.807, 2.05) is 0 Å². The van der Waals surface area contributed by atoms with E-state index in [2.05, 4.69) is 9.75 Å². The second kappa shape index (κ2) is 2.94. The molecule has 0 bridgehead atoms. The van der Waals surface area contributed by atoms with Crippen molar-refractivity contribution in [3.8, 4) is 5.75 Å². The largest absolute Gasteiger partial charge is 0.707 e. The van der Waals surface area contributed by atoms with E-state index in [1.54, 1.807) is 18.7 Å². The summed E-state index contributed by atoms with van der Waals surface area (Å²) in [7, 11) is -0.0377. The van der Waals surface area contributed by atoms with Crippen molar-refractivity contribution in [2.45, 2.75) is 6.92 Å². The zero-order valence-electron chi connectivity index (χ0n) is 6.35. The molecular formula is C5H9BN2O3. The molecule has 0 aliphatic rings. The van der Waals surface area contributed by atoms with E-state index in [4.69, 9.17) is 10.0 Å². The molecule has 6 heteroatoms. The van der Waals surface area contributed by atoms with Gasteiger partial charge in [0.05, 0.1) is 11.9 Å². The lowest BCUT2D eigenvalue weighted by atomic mass is 10.2. The van der Waals surface area contributed by atoms with Crippen molar-refractivity contribution in [1.29, 1.82) is 0 Å². The van der Waals surface area contributed by atoms with Crippen molar-refractivity contribution in [3.05, 3.63) is 11.9 Å². The molecule has 0 spiro atoms. The molecule has 0 radical (unpaired) electrons. The Morgan fingerprint density at radius 1 is 1.64 bits per heavy atom. The van der Waals surface area contributed by atoms with Crippen molar-refractivity contribution in [3.63, 3.8) is 0 Å². The Morgan fingerprint density at radius 2 is 2.27 bits per heavy atom. The van der Waals surface area contributed by atoms with Gasteiger partial charge in [0.2, 0.25) is 0 Å². The van der Waals surface area contributed by atoms with Gasteiger partial charge in [-0.2, -0.15) is 5.10 Å². The van der Waals surface area contributed by atoms with Crippen molar-refractivity contribution < 1.29 is 14.7 Å². The fourth-order valence-corrected chi connectivity index (χ4v) is 0.708. The Balaban J connectivity index is 2.79. The molecule has 5 nitrogen and oxygen atoms in total. The molecule has 0 aromatic carbocycles. The molecule has 0 saturated carbocycles. The molecule has 0 atom stereocenters. The Bertz CT molecular complexity index is 248. The number of aryl methyl sites for hydroxylation is 1. The molecule has 11 heavy (non-hydrogen) atoms. The van der Waals surface area contributed by atoms with Crippen molar-refractivity contribution in [2.75, 3.05) is 0 Å². The van der Waals surface area contributed by atoms with Crippen LogP contribution in [0.25, 0.3) is 0 Å². The van der Waals surface area contributed by atoms with Crippen LogP contribution in [0.3, 0.4) is 0 Å². The minimum absolute atomic E-state index is 0.377. The van der Waals surface area contributed by atoms with Gasteiger partial charge in [-0.15, -0.1) is 0 Å². The highest BCUT2D eigenvalue weighted by atomic mass is 16.6. The molecule has 60 valence electrons. The van der Waals surface area contributed by atoms with Crippen molar-refractivity contribution in [2.24, 2.45) is 7.05 Å². The van der Waals surface area contributed by atoms with Crippen LogP contribution < -0.4 is 4.65 Å². The number of hydrogen-bond acceptors (Lipinski definition) is 4. The number of nitrogens with zero attached hydrogens (tertiary/aromatic N) is 2. The molecule has 0 unspecified atom stereocenters. The van der Waals surface area contributed by atoms with Gasteiger partial charge >= 0.3 is 7.32 Å². The van der Waals surface area contributed by atoms with Gasteiger partial charge in [0, 0.05) is 7.05 Å². The first-order chi connectivity index (χ1) is 5.11. The SMILES string of the molecule is Cc1c(OB(O)O)cnn1C. The van der Waals surface area contributed by atoms with Crippen LogP contribution in [0.15, 0.2) is 6.20 Å². The summed E-state index contributed by atoms with van der Waals surface area (Å²) in [5, 5.41) is 20.7. The smallest absolute Gasteiger partial charge is 0.509 e. The fourth-order valence-electron chi connectivity index (χ4n) is 0.708. The number of rotatable bonds is 2. The third kappa shape index (κ3) is 1.72. The number of aromatic nitrogens is 2. The molecule has 1 rings (SSSR count). The predicted molar refractivity (Wildman–Crippen MR) is 38.8 cm³/mol. The van der Waals surface area contributed by atoms with Crippen LogP contribution in [-0.2, 0) is 7.05 Å². The van der Waals surface area contributed by atoms with Crippen molar-refractivity contribution in [1.82, 2.24) is 9.78 Å². The standard InChI is InChI=1S/C5H9BN2O3/c1-4-5(11-6(9)10)3-7-8(4)2/h3,9-10H,1-2H3. The van der Waals surface area contributed by atoms with Crippen LogP contribution in [0, 0.1) is 6.92 Å². The van der Waals surface area contributed by atoms with Gasteiger partial charge < -0.3 is 14.7 Å². The van der Waals surface area contributed by atoms with Crippen LogP contribution in [-0.4, -0.2) is 27.1 Å². The first-order valence-corrected chi connectivity index (χ1v) is 3.12. The highest BCUT2D eigenvalue weighted by molar-refractivity contribution is 6.33. The summed E-state index contributed by atoms with van der Waals surface area (Å²) >= 11 is 0. The van der Waals surface area contributed by atoms with E-state index < -0.39 is 7.32 Å². The molecule has 1 aromatic rings. The van der Waals surface area contributed by atoms with Gasteiger partial charge in [0.1, 0.15) is 5.75 Å². The molecule has 0 amide bonds. The molecule has 0 saturated heterocycles. The zero-order valence-corrected chi connectivity index (χ0v) is 6.35. The lowest BCUT2D eigenvalue weighted by Crippen LogP contribution is -2.20. The van der Waals surface area contributed by atoms with Crippen LogP contribution in [0.2, 0.25) is 0 Å². The number of hydrogen-bond donors (Lipinski definition) is 2. The quantitative estimate of drug-likeness (QED) is 0.543.